The normalized spacial score (nSPS) is 27.8. The summed E-state index contributed by atoms with van der Waals surface area (Å²) in [5, 5.41) is 49.7. The number of hydrogen-bond donors (Lipinski definition) is 6. The summed E-state index contributed by atoms with van der Waals surface area (Å²) in [6, 6.07) is 7.73. The van der Waals surface area contributed by atoms with Gasteiger partial charge in [-0.1, -0.05) is 32.9 Å². The number of aliphatic hydroxyl groups is 3. The Morgan fingerprint density at radius 2 is 1.80 bits per heavy atom. The molecular formula is C34H41N3O8. The van der Waals surface area contributed by atoms with Gasteiger partial charge in [0.15, 0.2) is 11.4 Å². The van der Waals surface area contributed by atoms with Crippen molar-refractivity contribution in [2.75, 3.05) is 27.7 Å². The summed E-state index contributed by atoms with van der Waals surface area (Å²) in [4.78, 5) is 42.0. The van der Waals surface area contributed by atoms with E-state index in [2.05, 4.69) is 12.2 Å². The number of phenolic OH excluding ortho intramolecular Hbond substituents is 1. The molecule has 3 aliphatic carbocycles. The zero-order valence-corrected chi connectivity index (χ0v) is 26.4. The van der Waals surface area contributed by atoms with E-state index in [-0.39, 0.29) is 29.7 Å². The third-order valence-electron chi connectivity index (χ3n) is 9.83. The largest absolute Gasteiger partial charge is 0.508 e. The number of carbonyl (C=O) groups excluding carboxylic acids is 3. The maximum Gasteiger partial charge on any atom is 0.255 e. The zero-order chi connectivity index (χ0) is 33.2. The van der Waals surface area contributed by atoms with Crippen LogP contribution in [0, 0.1) is 10.8 Å². The fourth-order valence-corrected chi connectivity index (χ4v) is 8.06. The Balaban J connectivity index is 1.77. The van der Waals surface area contributed by atoms with Crippen LogP contribution in [-0.2, 0) is 27.3 Å². The molecule has 2 aromatic carbocycles. The van der Waals surface area contributed by atoms with Crippen molar-refractivity contribution >= 4 is 23.2 Å². The second-order valence-corrected chi connectivity index (χ2v) is 13.1. The third-order valence-corrected chi connectivity index (χ3v) is 9.83. The Bertz CT molecular complexity index is 1690. The minimum absolute atomic E-state index is 0.0201. The molecule has 0 spiro atoms. The number of amides is 1. The molecule has 0 saturated heterocycles. The van der Waals surface area contributed by atoms with Gasteiger partial charge >= 0.3 is 0 Å². The number of Topliss-reactive ketones (excluding diaryl/α,β-unsaturated/α-hetero) is 2. The molecule has 11 heteroatoms. The van der Waals surface area contributed by atoms with Gasteiger partial charge in [0, 0.05) is 28.5 Å². The molecule has 0 aliphatic heterocycles. The monoisotopic (exact) mass is 619 g/mol. The van der Waals surface area contributed by atoms with E-state index in [4.69, 9.17) is 10.5 Å². The lowest BCUT2D eigenvalue weighted by molar-refractivity contribution is -0.175. The van der Waals surface area contributed by atoms with Gasteiger partial charge in [0.2, 0.25) is 5.78 Å². The number of aliphatic hydroxyl groups excluding tert-OH is 2. The quantitative estimate of drug-likeness (QED) is 0.190. The first-order valence-electron chi connectivity index (χ1n) is 15.0. The van der Waals surface area contributed by atoms with Crippen LogP contribution in [0.15, 0.2) is 47.2 Å². The zero-order valence-electron chi connectivity index (χ0n) is 26.4. The number of ether oxygens (including phenoxy) is 1. The second-order valence-electron chi connectivity index (χ2n) is 13.1. The lowest BCUT2D eigenvalue weighted by atomic mass is 9.46. The maximum absolute atomic E-state index is 14.5. The van der Waals surface area contributed by atoms with Crippen LogP contribution in [-0.4, -0.2) is 82.2 Å². The van der Waals surface area contributed by atoms with Gasteiger partial charge in [0.25, 0.3) is 5.91 Å². The number of ketones is 2. The molecule has 2 aromatic rings. The van der Waals surface area contributed by atoms with E-state index in [1.165, 1.54) is 17.9 Å². The van der Waals surface area contributed by atoms with Gasteiger partial charge in [-0.2, -0.15) is 0 Å². The highest BCUT2D eigenvalue weighted by Crippen LogP contribution is 2.63. The Labute approximate surface area is 262 Å². The molecule has 3 aliphatic rings. The Hall–Kier alpha value is -4.19. The maximum atomic E-state index is 14.5. The van der Waals surface area contributed by atoms with Gasteiger partial charge in [-0.05, 0) is 74.8 Å². The summed E-state index contributed by atoms with van der Waals surface area (Å²) >= 11 is 0. The van der Waals surface area contributed by atoms with E-state index in [1.54, 1.807) is 34.2 Å². The highest BCUT2D eigenvalue weighted by molar-refractivity contribution is 6.25. The van der Waals surface area contributed by atoms with E-state index < -0.39 is 57.0 Å². The Kier molecular flexibility index (Phi) is 7.88. The molecule has 45 heavy (non-hydrogen) atoms. The minimum Gasteiger partial charge on any atom is -0.508 e. The van der Waals surface area contributed by atoms with Crippen LogP contribution in [0.25, 0.3) is 16.9 Å². The van der Waals surface area contributed by atoms with Gasteiger partial charge in [-0.3, -0.25) is 19.3 Å². The van der Waals surface area contributed by atoms with Crippen molar-refractivity contribution in [3.8, 4) is 22.6 Å². The van der Waals surface area contributed by atoms with E-state index >= 15 is 0 Å². The predicted octanol–water partition coefficient (Wildman–Crippen LogP) is 2.92. The molecular weight excluding hydrogens is 578 g/mol. The SMILES string of the molecule is CCCNCc1ccc(OC)c(-c2ccc(O)c3c2C[C@@]2(C)C[C@@]4(C)[C@H](N(C)C)C(=O)C(C(N)=O)=C(O)[C@@]4(O)C(=O)C2=C3O)c1. The molecule has 11 nitrogen and oxygen atoms in total. The summed E-state index contributed by atoms with van der Waals surface area (Å²) in [6.07, 6.45) is 1.05. The number of aromatic hydroxyl groups is 1. The molecule has 0 aromatic heterocycles. The number of nitrogens with one attached hydrogen (secondary N) is 1. The highest BCUT2D eigenvalue weighted by atomic mass is 16.5. The van der Waals surface area contributed by atoms with Crippen LogP contribution in [0.3, 0.4) is 0 Å². The molecule has 1 saturated carbocycles. The van der Waals surface area contributed by atoms with Crippen LogP contribution in [0.4, 0.5) is 0 Å². The van der Waals surface area contributed by atoms with E-state index in [0.29, 0.717) is 23.4 Å². The first kappa shape index (κ1) is 32.2. The van der Waals surface area contributed by atoms with Crippen molar-refractivity contribution < 1.29 is 39.5 Å². The van der Waals surface area contributed by atoms with Crippen LogP contribution in [0.1, 0.15) is 50.3 Å². The van der Waals surface area contributed by atoms with E-state index in [1.807, 2.05) is 18.2 Å². The van der Waals surface area contributed by atoms with Gasteiger partial charge in [-0.25, -0.2) is 0 Å². The fraction of sp³-hybridized carbons (Fsp3) is 0.441. The number of methoxy groups -OCH3 is 1. The fourth-order valence-electron chi connectivity index (χ4n) is 8.06. The van der Waals surface area contributed by atoms with Gasteiger partial charge in [0.1, 0.15) is 28.6 Å². The molecule has 0 bridgehead atoms. The molecule has 0 unspecified atom stereocenters. The van der Waals surface area contributed by atoms with Crippen LogP contribution in [0.2, 0.25) is 0 Å². The number of rotatable bonds is 8. The molecule has 7 N–H and O–H groups in total. The average Bonchev–Trinajstić information content (AvgIpc) is 2.94. The van der Waals surface area contributed by atoms with Crippen LogP contribution < -0.4 is 15.8 Å². The molecule has 0 heterocycles. The predicted molar refractivity (Wildman–Crippen MR) is 167 cm³/mol. The summed E-state index contributed by atoms with van der Waals surface area (Å²) < 4.78 is 5.71. The van der Waals surface area contributed by atoms with E-state index in [0.717, 1.165) is 24.1 Å². The number of carbonyl (C=O) groups is 3. The van der Waals surface area contributed by atoms with E-state index in [9.17, 15) is 34.8 Å². The minimum atomic E-state index is -2.77. The number of phenols is 1. The van der Waals surface area contributed by atoms with Crippen molar-refractivity contribution in [1.82, 2.24) is 10.2 Å². The first-order valence-corrected chi connectivity index (χ1v) is 15.0. The smallest absolute Gasteiger partial charge is 0.255 e. The van der Waals surface area contributed by atoms with Gasteiger partial charge in [-0.15, -0.1) is 0 Å². The topological polar surface area (TPSA) is 183 Å². The number of fused-ring (bicyclic) bond motifs is 3. The summed E-state index contributed by atoms with van der Waals surface area (Å²) in [7, 11) is 4.71. The second kappa shape index (κ2) is 11.0. The van der Waals surface area contributed by atoms with Gasteiger partial charge in [0.05, 0.1) is 18.7 Å². The Morgan fingerprint density at radius 1 is 1.11 bits per heavy atom. The van der Waals surface area contributed by atoms with Crippen LogP contribution in [0.5, 0.6) is 11.5 Å². The number of benzene rings is 2. The molecule has 1 fully saturated rings. The molecule has 5 rings (SSSR count). The number of nitrogens with zero attached hydrogens (tertiary/aromatic N) is 1. The van der Waals surface area contributed by atoms with Crippen LogP contribution >= 0.6 is 0 Å². The Morgan fingerprint density at radius 3 is 2.40 bits per heavy atom. The van der Waals surface area contributed by atoms with Crippen molar-refractivity contribution in [2.45, 2.75) is 58.2 Å². The lowest BCUT2D eigenvalue weighted by Crippen LogP contribution is -2.72. The third kappa shape index (κ3) is 4.47. The van der Waals surface area contributed by atoms with Crippen molar-refractivity contribution in [1.29, 1.82) is 0 Å². The number of primary amides is 1. The molecule has 4 atom stereocenters. The lowest BCUT2D eigenvalue weighted by Gasteiger charge is -2.59. The van der Waals surface area contributed by atoms with Crippen molar-refractivity contribution in [3.63, 3.8) is 0 Å². The molecule has 0 radical (unpaired) electrons. The summed E-state index contributed by atoms with van der Waals surface area (Å²) in [5.74, 6) is -4.54. The highest BCUT2D eigenvalue weighted by Gasteiger charge is 2.72. The standard InChI is InChI=1S/C34H41N3O8/c1-7-12-36-15-17-8-11-22(45-6)19(13-17)18-9-10-21(38)23-20(18)14-32(2)16-33(3)28(37(4)5)27(40)24(31(35)43)29(41)34(33,44)30(42)25(32)26(23)39/h8-11,13,28,36,38-39,41,44H,7,12,14-16H2,1-6H3,(H2,35,43)/t28-,32+,33+,34-/m1/s1. The molecule has 1 amide bonds. The van der Waals surface area contributed by atoms with Crippen molar-refractivity contribution in [3.05, 3.63) is 63.9 Å². The number of nitrogens with two attached hydrogens (primary N) is 1. The number of hydrogen-bond acceptors (Lipinski definition) is 10. The summed E-state index contributed by atoms with van der Waals surface area (Å²) in [5.41, 5.74) is 1.76. The van der Waals surface area contributed by atoms with Gasteiger partial charge < -0.3 is 36.2 Å². The van der Waals surface area contributed by atoms with Crippen molar-refractivity contribution in [2.24, 2.45) is 16.6 Å². The summed E-state index contributed by atoms with van der Waals surface area (Å²) in [6.45, 7) is 6.82. The number of likely N-dealkylation sites (N-methyl/N-ethyl adjacent to an activating group) is 1. The first-order chi connectivity index (χ1) is 21.1. The average molecular weight is 620 g/mol. The molecule has 240 valence electrons.